The van der Waals surface area contributed by atoms with Gasteiger partial charge < -0.3 is 63.3 Å². The van der Waals surface area contributed by atoms with Crippen molar-refractivity contribution in [3.05, 3.63) is 0 Å². The maximum Gasteiger partial charge on any atom is 0.243 e. The molecule has 0 bridgehead atoms. The van der Waals surface area contributed by atoms with Crippen LogP contribution >= 0.6 is 23.5 Å². The van der Waals surface area contributed by atoms with Crippen molar-refractivity contribution >= 4 is 65.3 Å². The molecule has 0 unspecified atom stereocenters. The molecule has 0 radical (unpaired) electrons. The van der Waals surface area contributed by atoms with E-state index in [0.29, 0.717) is 17.9 Å². The number of rotatable bonds is 26. The van der Waals surface area contributed by atoms with Crippen LogP contribution in [0.5, 0.6) is 0 Å². The highest BCUT2D eigenvalue weighted by molar-refractivity contribution is 7.98. The SMILES string of the molecule is CSCC[C@H](NC(=O)[C@H](CCCN=C(N)N)NC(=O)[C@H](CC1CCCCC1)NC(C)=O)C(=O)N[C@@H](CCSC)C(=O)N[C@H](C=O)[C@H](O)[C@H](O)[C@@H](O)CO. The molecule has 53 heavy (non-hydrogen) atoms. The predicted molar refractivity (Wildman–Crippen MR) is 204 cm³/mol. The van der Waals surface area contributed by atoms with Crippen molar-refractivity contribution in [1.82, 2.24) is 26.6 Å². The van der Waals surface area contributed by atoms with Crippen LogP contribution in [-0.2, 0) is 28.8 Å². The Balaban J connectivity index is 3.25. The van der Waals surface area contributed by atoms with E-state index in [1.165, 1.54) is 30.4 Å². The molecule has 0 aromatic rings. The summed E-state index contributed by atoms with van der Waals surface area (Å²) < 4.78 is 0. The summed E-state index contributed by atoms with van der Waals surface area (Å²) in [6.07, 6.45) is 4.06. The number of nitrogens with two attached hydrogens (primary N) is 2. The highest BCUT2D eigenvalue weighted by atomic mass is 32.2. The summed E-state index contributed by atoms with van der Waals surface area (Å²) in [6, 6.07) is -6.13. The highest BCUT2D eigenvalue weighted by Crippen LogP contribution is 2.27. The van der Waals surface area contributed by atoms with Gasteiger partial charge in [-0.3, -0.25) is 29.0 Å². The number of amides is 5. The lowest BCUT2D eigenvalue weighted by Crippen LogP contribution is -2.60. The Labute approximate surface area is 319 Å². The Hall–Kier alpha value is -3.17. The first-order chi connectivity index (χ1) is 25.2. The van der Waals surface area contributed by atoms with Crippen LogP contribution in [0.25, 0.3) is 0 Å². The monoisotopic (exact) mass is 792 g/mol. The van der Waals surface area contributed by atoms with Gasteiger partial charge in [-0.1, -0.05) is 32.1 Å². The van der Waals surface area contributed by atoms with Crippen LogP contribution in [-0.4, -0.2) is 148 Å². The molecule has 0 aromatic carbocycles. The van der Waals surface area contributed by atoms with Gasteiger partial charge in [0.15, 0.2) is 5.96 Å². The number of hydrogen-bond acceptors (Lipinski definition) is 13. The molecule has 1 fully saturated rings. The van der Waals surface area contributed by atoms with Crippen LogP contribution in [0.3, 0.4) is 0 Å². The standard InChI is InChI=1S/C33H60N8O10S2/c1-19(44)37-24(16-20-8-5-4-6-9-20)32(51)38-21(10-7-13-36-33(34)35)29(48)39-22(11-14-52-2)30(49)40-23(12-15-53-3)31(50)41-25(17-42)27(46)28(47)26(45)18-43/h17,20-28,43,45-47H,4-16,18H2,1-3H3,(H,37,44)(H,38,51)(H,39,48)(H,40,49)(H,41,50)(H4,34,35,36)/t21-,22-,23-,24-,25+,26-,27-,28+/m0/s1. The molecule has 18 nitrogen and oxygen atoms in total. The number of aldehydes is 1. The zero-order valence-corrected chi connectivity index (χ0v) is 32.5. The molecule has 0 aliphatic heterocycles. The molecular formula is C33H60N8O10S2. The third-order valence-corrected chi connectivity index (χ3v) is 10.1. The van der Waals surface area contributed by atoms with Gasteiger partial charge >= 0.3 is 0 Å². The van der Waals surface area contributed by atoms with E-state index >= 15 is 0 Å². The molecule has 5 amide bonds. The summed E-state index contributed by atoms with van der Waals surface area (Å²) in [5.74, 6) is -2.32. The minimum Gasteiger partial charge on any atom is -0.394 e. The van der Waals surface area contributed by atoms with E-state index in [9.17, 15) is 44.1 Å². The summed E-state index contributed by atoms with van der Waals surface area (Å²) in [6.45, 7) is 0.563. The van der Waals surface area contributed by atoms with Gasteiger partial charge in [0.05, 0.1) is 6.61 Å². The topological polar surface area (TPSA) is 308 Å². The third kappa shape index (κ3) is 18.6. The van der Waals surface area contributed by atoms with Gasteiger partial charge in [0.1, 0.15) is 54.8 Å². The molecule has 1 saturated carbocycles. The first kappa shape index (κ1) is 47.9. The molecule has 8 atom stereocenters. The fraction of sp³-hybridized carbons (Fsp3) is 0.788. The lowest BCUT2D eigenvalue weighted by molar-refractivity contribution is -0.136. The van der Waals surface area contributed by atoms with E-state index < -0.39 is 84.7 Å². The third-order valence-electron chi connectivity index (χ3n) is 8.81. The lowest BCUT2D eigenvalue weighted by atomic mass is 9.84. The summed E-state index contributed by atoms with van der Waals surface area (Å²) in [4.78, 5) is 82.1. The molecule has 20 heteroatoms. The number of hydrogen-bond donors (Lipinski definition) is 11. The molecule has 0 heterocycles. The Morgan fingerprint density at radius 2 is 1.25 bits per heavy atom. The van der Waals surface area contributed by atoms with Crippen molar-refractivity contribution in [3.8, 4) is 0 Å². The van der Waals surface area contributed by atoms with E-state index in [1.54, 1.807) is 12.5 Å². The number of aliphatic hydroxyl groups excluding tert-OH is 4. The van der Waals surface area contributed by atoms with E-state index in [-0.39, 0.29) is 50.4 Å². The highest BCUT2D eigenvalue weighted by Gasteiger charge is 2.35. The average molecular weight is 793 g/mol. The molecule has 1 rings (SSSR count). The van der Waals surface area contributed by atoms with Crippen molar-refractivity contribution in [2.45, 2.75) is 120 Å². The van der Waals surface area contributed by atoms with Gasteiger partial charge in [-0.15, -0.1) is 0 Å². The number of carbonyl (C=O) groups is 6. The van der Waals surface area contributed by atoms with Crippen molar-refractivity contribution in [2.24, 2.45) is 22.4 Å². The molecule has 0 aromatic heterocycles. The summed E-state index contributed by atoms with van der Waals surface area (Å²) in [7, 11) is 0. The first-order valence-corrected chi connectivity index (χ1v) is 20.6. The summed E-state index contributed by atoms with van der Waals surface area (Å²) in [5.41, 5.74) is 10.9. The first-order valence-electron chi connectivity index (χ1n) is 17.8. The smallest absolute Gasteiger partial charge is 0.243 e. The van der Waals surface area contributed by atoms with Crippen molar-refractivity contribution < 1.29 is 49.2 Å². The zero-order valence-electron chi connectivity index (χ0n) is 30.8. The Morgan fingerprint density at radius 3 is 1.70 bits per heavy atom. The fourth-order valence-electron chi connectivity index (χ4n) is 5.84. The molecular weight excluding hydrogens is 733 g/mol. The normalized spacial score (nSPS) is 17.7. The quantitative estimate of drug-likeness (QED) is 0.0183. The van der Waals surface area contributed by atoms with Crippen LogP contribution < -0.4 is 38.1 Å². The summed E-state index contributed by atoms with van der Waals surface area (Å²) in [5, 5.41) is 52.2. The Morgan fingerprint density at radius 1 is 0.755 bits per heavy atom. The largest absolute Gasteiger partial charge is 0.394 e. The van der Waals surface area contributed by atoms with Crippen LogP contribution in [0.4, 0.5) is 0 Å². The molecule has 13 N–H and O–H groups in total. The maximum absolute atomic E-state index is 13.8. The van der Waals surface area contributed by atoms with Crippen LogP contribution in [0.2, 0.25) is 0 Å². The van der Waals surface area contributed by atoms with Gasteiger partial charge in [-0.05, 0) is 62.0 Å². The maximum atomic E-state index is 13.8. The molecule has 0 spiro atoms. The van der Waals surface area contributed by atoms with Gasteiger partial charge in [0, 0.05) is 13.5 Å². The van der Waals surface area contributed by atoms with E-state index in [4.69, 9.17) is 16.6 Å². The second-order valence-corrected chi connectivity index (χ2v) is 15.1. The van der Waals surface area contributed by atoms with Gasteiger partial charge in [0.2, 0.25) is 29.5 Å². The number of aliphatic imine (C=N–C) groups is 1. The van der Waals surface area contributed by atoms with Crippen molar-refractivity contribution in [2.75, 3.05) is 37.2 Å². The number of aliphatic hydroxyl groups is 4. The number of thioether (sulfide) groups is 2. The fourth-order valence-corrected chi connectivity index (χ4v) is 6.79. The molecule has 1 aliphatic carbocycles. The van der Waals surface area contributed by atoms with Gasteiger partial charge in [-0.2, -0.15) is 23.5 Å². The minimum absolute atomic E-state index is 0.0838. The average Bonchev–Trinajstić information content (AvgIpc) is 3.13. The Bertz CT molecular complexity index is 1190. The van der Waals surface area contributed by atoms with Gasteiger partial charge in [-0.25, -0.2) is 0 Å². The Kier molecular flexibility index (Phi) is 24.0. The van der Waals surface area contributed by atoms with Crippen LogP contribution in [0.15, 0.2) is 4.99 Å². The summed E-state index contributed by atoms with van der Waals surface area (Å²) >= 11 is 2.78. The van der Waals surface area contributed by atoms with Crippen molar-refractivity contribution in [3.63, 3.8) is 0 Å². The van der Waals surface area contributed by atoms with Gasteiger partial charge in [0.25, 0.3) is 0 Å². The second kappa shape index (κ2) is 26.6. The zero-order chi connectivity index (χ0) is 39.9. The van der Waals surface area contributed by atoms with Crippen molar-refractivity contribution in [1.29, 1.82) is 0 Å². The molecule has 1 aliphatic rings. The number of nitrogens with zero attached hydrogens (tertiary/aromatic N) is 1. The number of carbonyl (C=O) groups excluding carboxylic acids is 6. The van der Waals surface area contributed by atoms with E-state index in [2.05, 4.69) is 31.6 Å². The molecule has 304 valence electrons. The number of guanidine groups is 1. The minimum atomic E-state index is -1.98. The van der Waals surface area contributed by atoms with E-state index in [0.717, 1.165) is 32.1 Å². The van der Waals surface area contributed by atoms with Crippen LogP contribution in [0, 0.1) is 5.92 Å². The van der Waals surface area contributed by atoms with Crippen LogP contribution in [0.1, 0.15) is 71.1 Å². The predicted octanol–water partition coefficient (Wildman–Crippen LogP) is -2.77. The molecule has 0 saturated heterocycles. The second-order valence-electron chi connectivity index (χ2n) is 13.1. The lowest BCUT2D eigenvalue weighted by Gasteiger charge is -2.29. The van der Waals surface area contributed by atoms with E-state index in [1.807, 2.05) is 0 Å². The number of nitrogens with one attached hydrogen (secondary N) is 5.